The molecule has 0 saturated carbocycles. The maximum absolute atomic E-state index is 12.8. The van der Waals surface area contributed by atoms with Crippen LogP contribution in [0.15, 0.2) is 36.4 Å². The molecule has 2 aromatic carbocycles. The zero-order chi connectivity index (χ0) is 24.1. The average molecular weight is 496 g/mol. The van der Waals surface area contributed by atoms with E-state index in [9.17, 15) is 32.9 Å². The molecule has 2 aromatic rings. The van der Waals surface area contributed by atoms with Gasteiger partial charge in [-0.25, -0.2) is 4.79 Å². The first kappa shape index (κ1) is 25.2. The minimum atomic E-state index is -4.61. The monoisotopic (exact) mass is 495 g/mol. The Kier molecular flexibility index (Phi) is 8.28. The lowest BCUT2D eigenvalue weighted by atomic mass is 10.1. The van der Waals surface area contributed by atoms with E-state index in [2.05, 4.69) is 0 Å². The van der Waals surface area contributed by atoms with Gasteiger partial charge in [-0.1, -0.05) is 11.6 Å². The van der Waals surface area contributed by atoms with Gasteiger partial charge in [0, 0.05) is 12.1 Å². The van der Waals surface area contributed by atoms with E-state index in [4.69, 9.17) is 37.4 Å². The van der Waals surface area contributed by atoms with Crippen LogP contribution in [0.1, 0.15) is 22.8 Å². The van der Waals surface area contributed by atoms with E-state index in [-0.39, 0.29) is 23.1 Å². The molecule has 0 heterocycles. The molecule has 2 rings (SSSR count). The van der Waals surface area contributed by atoms with E-state index in [1.54, 1.807) is 0 Å². The lowest BCUT2D eigenvalue weighted by molar-refractivity contribution is -0.385. The van der Waals surface area contributed by atoms with Crippen LogP contribution in [0.3, 0.4) is 0 Å². The summed E-state index contributed by atoms with van der Waals surface area (Å²) < 4.78 is 53.2. The smallest absolute Gasteiger partial charge is 0.416 e. The Morgan fingerprint density at radius 1 is 1.12 bits per heavy atom. The van der Waals surface area contributed by atoms with Crippen LogP contribution < -0.4 is 4.74 Å². The number of hydrogen-bond acceptors (Lipinski definition) is 7. The van der Waals surface area contributed by atoms with Gasteiger partial charge in [-0.3, -0.25) is 14.9 Å². The molecule has 0 spiro atoms. The first-order chi connectivity index (χ1) is 14.9. The maximum atomic E-state index is 12.8. The topological polar surface area (TPSA) is 105 Å². The summed E-state index contributed by atoms with van der Waals surface area (Å²) in [7, 11) is 0. The van der Waals surface area contributed by atoms with Crippen molar-refractivity contribution in [1.82, 2.24) is 0 Å². The van der Waals surface area contributed by atoms with Crippen LogP contribution in [0.2, 0.25) is 5.02 Å². The van der Waals surface area contributed by atoms with Crippen LogP contribution in [0, 0.1) is 10.1 Å². The number of esters is 2. The highest BCUT2D eigenvalue weighted by molar-refractivity contribution is 6.32. The Morgan fingerprint density at radius 2 is 1.78 bits per heavy atom. The fourth-order valence-corrected chi connectivity index (χ4v) is 2.54. The fraction of sp³-hybridized carbons (Fsp3) is 0.263. The number of benzene rings is 2. The normalized spacial score (nSPS) is 12.1. The fourth-order valence-electron chi connectivity index (χ4n) is 2.26. The minimum absolute atomic E-state index is 0.119. The zero-order valence-corrected chi connectivity index (χ0v) is 17.7. The predicted molar refractivity (Wildman–Crippen MR) is 106 cm³/mol. The van der Waals surface area contributed by atoms with Crippen molar-refractivity contribution >= 4 is 40.8 Å². The van der Waals surface area contributed by atoms with Crippen LogP contribution in [0.25, 0.3) is 0 Å². The van der Waals surface area contributed by atoms with Crippen molar-refractivity contribution in [2.45, 2.75) is 18.5 Å². The average Bonchev–Trinajstić information content (AvgIpc) is 2.71. The van der Waals surface area contributed by atoms with Gasteiger partial charge in [-0.15, -0.1) is 11.6 Å². The summed E-state index contributed by atoms with van der Waals surface area (Å²) in [6.07, 6.45) is -4.61. The van der Waals surface area contributed by atoms with Crippen LogP contribution in [-0.4, -0.2) is 35.5 Å². The summed E-state index contributed by atoms with van der Waals surface area (Å²) in [5, 5.41) is 9.95. The summed E-state index contributed by atoms with van der Waals surface area (Å²) in [6, 6.07) is 5.43. The second-order valence-corrected chi connectivity index (χ2v) is 7.16. The van der Waals surface area contributed by atoms with E-state index in [1.807, 2.05) is 0 Å². The first-order valence-corrected chi connectivity index (χ1v) is 9.52. The lowest BCUT2D eigenvalue weighted by Crippen LogP contribution is -2.19. The largest absolute Gasteiger partial charge is 0.461 e. The summed E-state index contributed by atoms with van der Waals surface area (Å²) in [6.45, 7) is 0.654. The van der Waals surface area contributed by atoms with Gasteiger partial charge < -0.3 is 14.2 Å². The maximum Gasteiger partial charge on any atom is 0.416 e. The highest BCUT2D eigenvalue weighted by Gasteiger charge is 2.31. The zero-order valence-electron chi connectivity index (χ0n) is 16.2. The van der Waals surface area contributed by atoms with Crippen molar-refractivity contribution in [3.05, 3.63) is 62.7 Å². The Bertz CT molecular complexity index is 1030. The van der Waals surface area contributed by atoms with Crippen molar-refractivity contribution in [2.24, 2.45) is 0 Å². The van der Waals surface area contributed by atoms with Crippen LogP contribution in [0.5, 0.6) is 11.5 Å². The van der Waals surface area contributed by atoms with Gasteiger partial charge in [-0.05, 0) is 31.2 Å². The molecule has 8 nitrogen and oxygen atoms in total. The Hall–Kier alpha value is -3.05. The van der Waals surface area contributed by atoms with Crippen molar-refractivity contribution in [3.63, 3.8) is 0 Å². The summed E-state index contributed by atoms with van der Waals surface area (Å²) in [4.78, 5) is 33.9. The molecule has 0 fully saturated rings. The highest BCUT2D eigenvalue weighted by Crippen LogP contribution is 2.37. The SMILES string of the molecule is CC(Cl)C(=O)OCCOC(=O)c1cc(Oc2ccc(C(F)(F)F)cc2Cl)ccc1[N+](=O)[O-]. The molecule has 1 unspecified atom stereocenters. The Labute approximate surface area is 188 Å². The third kappa shape index (κ3) is 6.72. The molecule has 0 N–H and O–H groups in total. The van der Waals surface area contributed by atoms with Crippen molar-refractivity contribution in [1.29, 1.82) is 0 Å². The van der Waals surface area contributed by atoms with Gasteiger partial charge in [0.1, 0.15) is 35.7 Å². The molecule has 1 atom stereocenters. The van der Waals surface area contributed by atoms with Gasteiger partial charge in [0.2, 0.25) is 0 Å². The molecule has 0 aliphatic rings. The van der Waals surface area contributed by atoms with E-state index < -0.39 is 51.8 Å². The molecule has 0 aliphatic carbocycles. The number of rotatable bonds is 8. The molecule has 172 valence electrons. The second kappa shape index (κ2) is 10.5. The summed E-state index contributed by atoms with van der Waals surface area (Å²) in [5.41, 5.74) is -2.09. The number of nitrogens with zero attached hydrogens (tertiary/aromatic N) is 1. The molecular weight excluding hydrogens is 482 g/mol. The van der Waals surface area contributed by atoms with Gasteiger partial charge in [0.25, 0.3) is 5.69 Å². The number of ether oxygens (including phenoxy) is 3. The van der Waals surface area contributed by atoms with E-state index in [1.165, 1.54) is 6.92 Å². The molecule has 0 amide bonds. The molecule has 0 aromatic heterocycles. The number of halogens is 5. The van der Waals surface area contributed by atoms with Crippen LogP contribution >= 0.6 is 23.2 Å². The highest BCUT2D eigenvalue weighted by atomic mass is 35.5. The van der Waals surface area contributed by atoms with E-state index in [0.29, 0.717) is 6.07 Å². The number of carbonyl (C=O) groups is 2. The molecule has 0 saturated heterocycles. The van der Waals surface area contributed by atoms with Gasteiger partial charge in [0.15, 0.2) is 0 Å². The third-order valence-electron chi connectivity index (χ3n) is 3.76. The molecular formula is C19H14Cl2F3NO7. The third-order valence-corrected chi connectivity index (χ3v) is 4.23. The molecule has 0 radical (unpaired) electrons. The van der Waals surface area contributed by atoms with Gasteiger partial charge in [0.05, 0.1) is 15.5 Å². The molecule has 32 heavy (non-hydrogen) atoms. The van der Waals surface area contributed by atoms with Crippen molar-refractivity contribution in [2.75, 3.05) is 13.2 Å². The summed E-state index contributed by atoms with van der Waals surface area (Å²) >= 11 is 11.3. The Balaban J connectivity index is 2.18. The quantitative estimate of drug-likeness (QED) is 0.159. The van der Waals surface area contributed by atoms with E-state index in [0.717, 1.165) is 30.3 Å². The van der Waals surface area contributed by atoms with E-state index >= 15 is 0 Å². The molecule has 0 aliphatic heterocycles. The molecule has 0 bridgehead atoms. The number of alkyl halides is 4. The van der Waals surface area contributed by atoms with Crippen molar-refractivity contribution in [3.8, 4) is 11.5 Å². The first-order valence-electron chi connectivity index (χ1n) is 8.71. The van der Waals surface area contributed by atoms with Gasteiger partial charge >= 0.3 is 18.1 Å². The standard InChI is InChI=1S/C19H14Cl2F3NO7/c1-10(20)17(26)30-6-7-31-18(27)13-9-12(3-4-15(13)25(28)29)32-16-5-2-11(8-14(16)21)19(22,23)24/h2-5,8-10H,6-7H2,1H3. The van der Waals surface area contributed by atoms with Gasteiger partial charge in [-0.2, -0.15) is 13.2 Å². The van der Waals surface area contributed by atoms with Crippen LogP contribution in [-0.2, 0) is 20.4 Å². The number of nitro benzene ring substituents is 1. The van der Waals surface area contributed by atoms with Crippen LogP contribution in [0.4, 0.5) is 18.9 Å². The predicted octanol–water partition coefficient (Wildman–Crippen LogP) is 5.39. The number of carbonyl (C=O) groups excluding carboxylic acids is 2. The Morgan fingerprint density at radius 3 is 2.34 bits per heavy atom. The summed E-state index contributed by atoms with van der Waals surface area (Å²) in [5.74, 6) is -2.14. The minimum Gasteiger partial charge on any atom is -0.461 e. The lowest BCUT2D eigenvalue weighted by Gasteiger charge is -2.12. The van der Waals surface area contributed by atoms with Crippen molar-refractivity contribution < 1.29 is 41.9 Å². The number of hydrogen-bond donors (Lipinski definition) is 0. The second-order valence-electron chi connectivity index (χ2n) is 6.10. The molecule has 13 heteroatoms. The number of nitro groups is 1.